The van der Waals surface area contributed by atoms with Gasteiger partial charge in [-0.1, -0.05) is 206 Å². The molecule has 0 aromatic heterocycles. The number of rotatable bonds is 4. The molecule has 0 heteroatoms. The molecular formula is C54H34. The highest BCUT2D eigenvalue weighted by Gasteiger charge is 2.24. The van der Waals surface area contributed by atoms with Gasteiger partial charge in [-0.3, -0.25) is 0 Å². The van der Waals surface area contributed by atoms with Gasteiger partial charge in [0.05, 0.1) is 0 Å². The van der Waals surface area contributed by atoms with Gasteiger partial charge in [-0.05, 0) is 109 Å². The fourth-order valence-corrected chi connectivity index (χ4v) is 9.29. The van der Waals surface area contributed by atoms with Gasteiger partial charge in [0.2, 0.25) is 0 Å². The van der Waals surface area contributed by atoms with E-state index in [9.17, 15) is 0 Å². The molecule has 0 aliphatic rings. The molecule has 11 rings (SSSR count). The van der Waals surface area contributed by atoms with Crippen LogP contribution in [0.5, 0.6) is 0 Å². The first-order valence-corrected chi connectivity index (χ1v) is 18.8. The Balaban J connectivity index is 1.33. The van der Waals surface area contributed by atoms with E-state index in [-0.39, 0.29) is 0 Å². The lowest BCUT2D eigenvalue weighted by Gasteiger charge is -2.24. The Kier molecular flexibility index (Phi) is 6.97. The zero-order valence-electron chi connectivity index (χ0n) is 29.6. The molecule has 0 radical (unpaired) electrons. The smallest absolute Gasteiger partial charge is 0.00139 e. The first-order valence-electron chi connectivity index (χ1n) is 18.8. The predicted octanol–water partition coefficient (Wildman–Crippen LogP) is 15.3. The van der Waals surface area contributed by atoms with E-state index < -0.39 is 0 Å². The third-order valence-electron chi connectivity index (χ3n) is 11.4. The zero-order chi connectivity index (χ0) is 35.6. The van der Waals surface area contributed by atoms with Gasteiger partial charge in [0.15, 0.2) is 0 Å². The maximum Gasteiger partial charge on any atom is -0.00139 e. The van der Waals surface area contributed by atoms with Gasteiger partial charge in [-0.2, -0.15) is 0 Å². The van der Waals surface area contributed by atoms with Crippen LogP contribution < -0.4 is 0 Å². The normalized spacial score (nSPS) is 11.7. The summed E-state index contributed by atoms with van der Waals surface area (Å²) in [5.74, 6) is 0. The standard InChI is InChI=1S/C54H34/c1-3-19-35(20-4-1)49-37-23-7-11-27-41(37)51(42-28-12-8-24-38(42)49)53-45-31-15-17-33-47(45)54(48-34-18-16-32-46(48)53)52-43-29-13-9-25-39(43)50(36-21-5-2-6-22-36)40-26-10-14-30-44(40)52/h1-34H. The summed E-state index contributed by atoms with van der Waals surface area (Å²) >= 11 is 0. The molecule has 0 amide bonds. The maximum atomic E-state index is 2.35. The number of benzene rings is 11. The maximum absolute atomic E-state index is 2.35. The summed E-state index contributed by atoms with van der Waals surface area (Å²) in [5, 5.41) is 15.2. The van der Waals surface area contributed by atoms with Crippen molar-refractivity contribution in [2.24, 2.45) is 0 Å². The summed E-state index contributed by atoms with van der Waals surface area (Å²) < 4.78 is 0. The second kappa shape index (κ2) is 12.3. The average Bonchev–Trinajstić information content (AvgIpc) is 3.25. The molecule has 0 heterocycles. The largest absolute Gasteiger partial charge is 0.0622 e. The molecule has 54 heavy (non-hydrogen) atoms. The van der Waals surface area contributed by atoms with Crippen LogP contribution in [0.2, 0.25) is 0 Å². The molecule has 0 atom stereocenters. The molecule has 0 saturated carbocycles. The van der Waals surface area contributed by atoms with Gasteiger partial charge in [0.1, 0.15) is 0 Å². The quantitative estimate of drug-likeness (QED) is 0.162. The summed E-state index contributed by atoms with van der Waals surface area (Å²) in [4.78, 5) is 0. The fraction of sp³-hybridized carbons (Fsp3) is 0. The zero-order valence-corrected chi connectivity index (χ0v) is 29.6. The monoisotopic (exact) mass is 682 g/mol. The van der Waals surface area contributed by atoms with Crippen molar-refractivity contribution in [2.75, 3.05) is 0 Å². The van der Waals surface area contributed by atoms with E-state index in [1.807, 2.05) is 0 Å². The molecule has 0 unspecified atom stereocenters. The Bertz CT molecular complexity index is 2850. The topological polar surface area (TPSA) is 0 Å². The lowest BCUT2D eigenvalue weighted by molar-refractivity contribution is 1.66. The second-order valence-corrected chi connectivity index (χ2v) is 14.3. The van der Waals surface area contributed by atoms with Crippen molar-refractivity contribution in [1.29, 1.82) is 0 Å². The number of hydrogen-bond acceptors (Lipinski definition) is 0. The Morgan fingerprint density at radius 2 is 0.278 bits per heavy atom. The minimum absolute atomic E-state index is 1.24. The van der Waals surface area contributed by atoms with Crippen molar-refractivity contribution in [3.05, 3.63) is 206 Å². The van der Waals surface area contributed by atoms with Gasteiger partial charge < -0.3 is 0 Å². The predicted molar refractivity (Wildman–Crippen MR) is 233 cm³/mol. The van der Waals surface area contributed by atoms with E-state index in [1.165, 1.54) is 109 Å². The summed E-state index contributed by atoms with van der Waals surface area (Å²) in [7, 11) is 0. The van der Waals surface area contributed by atoms with Crippen LogP contribution in [-0.4, -0.2) is 0 Å². The molecule has 0 fully saturated rings. The highest BCUT2D eigenvalue weighted by atomic mass is 14.3. The van der Waals surface area contributed by atoms with Gasteiger partial charge in [-0.15, -0.1) is 0 Å². The third kappa shape index (κ3) is 4.50. The Morgan fingerprint density at radius 3 is 0.463 bits per heavy atom. The summed E-state index contributed by atoms with van der Waals surface area (Å²) in [5.41, 5.74) is 10.2. The first kappa shape index (κ1) is 30.6. The molecular weight excluding hydrogens is 649 g/mol. The van der Waals surface area contributed by atoms with Crippen LogP contribution in [0, 0.1) is 0 Å². The first-order chi connectivity index (χ1) is 26.9. The van der Waals surface area contributed by atoms with E-state index in [0.717, 1.165) is 0 Å². The molecule has 0 spiro atoms. The summed E-state index contributed by atoms with van der Waals surface area (Å²) in [6, 6.07) is 76.0. The second-order valence-electron chi connectivity index (χ2n) is 14.3. The third-order valence-corrected chi connectivity index (χ3v) is 11.4. The molecule has 11 aromatic carbocycles. The van der Waals surface area contributed by atoms with Gasteiger partial charge in [0, 0.05) is 0 Å². The van der Waals surface area contributed by atoms with Crippen molar-refractivity contribution in [1.82, 2.24) is 0 Å². The van der Waals surface area contributed by atoms with Crippen LogP contribution in [0.1, 0.15) is 0 Å². The van der Waals surface area contributed by atoms with Crippen molar-refractivity contribution in [2.45, 2.75) is 0 Å². The van der Waals surface area contributed by atoms with Crippen LogP contribution in [0.4, 0.5) is 0 Å². The highest BCUT2D eigenvalue weighted by molar-refractivity contribution is 6.33. The summed E-state index contributed by atoms with van der Waals surface area (Å²) in [6.07, 6.45) is 0. The Morgan fingerprint density at radius 1 is 0.130 bits per heavy atom. The van der Waals surface area contributed by atoms with E-state index >= 15 is 0 Å². The molecule has 0 bridgehead atoms. The minimum Gasteiger partial charge on any atom is -0.0622 e. The molecule has 0 aliphatic carbocycles. The Hall–Kier alpha value is -7.02. The van der Waals surface area contributed by atoms with Gasteiger partial charge in [0.25, 0.3) is 0 Å². The van der Waals surface area contributed by atoms with Gasteiger partial charge >= 0.3 is 0 Å². The van der Waals surface area contributed by atoms with Crippen molar-refractivity contribution >= 4 is 64.6 Å². The van der Waals surface area contributed by atoms with Crippen molar-refractivity contribution < 1.29 is 0 Å². The van der Waals surface area contributed by atoms with Crippen molar-refractivity contribution in [3.8, 4) is 44.5 Å². The van der Waals surface area contributed by atoms with Crippen LogP contribution >= 0.6 is 0 Å². The SMILES string of the molecule is c1ccc(-c2c3ccccc3c(-c3c4ccccc4c(-c4c5ccccc5c(-c5ccccc5)c5ccccc45)c4ccccc34)c3ccccc23)cc1. The van der Waals surface area contributed by atoms with Crippen LogP contribution in [0.25, 0.3) is 109 Å². The van der Waals surface area contributed by atoms with Crippen molar-refractivity contribution in [3.63, 3.8) is 0 Å². The van der Waals surface area contributed by atoms with E-state index in [0.29, 0.717) is 0 Å². The van der Waals surface area contributed by atoms with E-state index in [2.05, 4.69) is 206 Å². The lowest BCUT2D eigenvalue weighted by atomic mass is 9.79. The highest BCUT2D eigenvalue weighted by Crippen LogP contribution is 2.52. The molecule has 250 valence electrons. The van der Waals surface area contributed by atoms with Gasteiger partial charge in [-0.25, -0.2) is 0 Å². The number of hydrogen-bond donors (Lipinski definition) is 0. The van der Waals surface area contributed by atoms with E-state index in [4.69, 9.17) is 0 Å². The summed E-state index contributed by atoms with van der Waals surface area (Å²) in [6.45, 7) is 0. The molecule has 0 aliphatic heterocycles. The van der Waals surface area contributed by atoms with Crippen LogP contribution in [-0.2, 0) is 0 Å². The molecule has 0 saturated heterocycles. The van der Waals surface area contributed by atoms with Crippen LogP contribution in [0.15, 0.2) is 206 Å². The minimum atomic E-state index is 1.24. The number of fused-ring (bicyclic) bond motifs is 6. The molecule has 0 N–H and O–H groups in total. The van der Waals surface area contributed by atoms with E-state index in [1.54, 1.807) is 0 Å². The molecule has 0 nitrogen and oxygen atoms in total. The fourth-order valence-electron chi connectivity index (χ4n) is 9.29. The molecule has 11 aromatic rings. The lowest BCUT2D eigenvalue weighted by Crippen LogP contribution is -1.96. The Labute approximate surface area is 314 Å². The van der Waals surface area contributed by atoms with Crippen LogP contribution in [0.3, 0.4) is 0 Å². The average molecular weight is 683 g/mol.